The standard InChI is InChI=1S/C20H20FN3OS/c1-15(25-2)7-5-3-4-6-8-17-13-23-14-20(17)26-24-19-10-9-16(12-22)11-18(19)21/h3-7,9-11,13-14,23-24H,8H2,1-2H3/b5-3-,6-4+,15-7+. The number of nitrogens with zero attached hydrogens (tertiary/aromatic N) is 1. The molecular weight excluding hydrogens is 349 g/mol. The summed E-state index contributed by atoms with van der Waals surface area (Å²) in [6.07, 6.45) is 14.3. The Hall–Kier alpha value is -2.91. The van der Waals surface area contributed by atoms with Crippen LogP contribution in [0.15, 0.2) is 71.6 Å². The zero-order valence-corrected chi connectivity index (χ0v) is 15.4. The fourth-order valence-corrected chi connectivity index (χ4v) is 2.80. The van der Waals surface area contributed by atoms with Crippen molar-refractivity contribution in [2.24, 2.45) is 0 Å². The Morgan fingerprint density at radius 1 is 1.35 bits per heavy atom. The molecule has 2 rings (SSSR count). The van der Waals surface area contributed by atoms with Crippen LogP contribution in [0, 0.1) is 17.1 Å². The predicted molar refractivity (Wildman–Crippen MR) is 104 cm³/mol. The molecule has 0 aliphatic rings. The van der Waals surface area contributed by atoms with E-state index in [9.17, 15) is 4.39 Å². The lowest BCUT2D eigenvalue weighted by atomic mass is 10.2. The molecule has 0 atom stereocenters. The zero-order valence-electron chi connectivity index (χ0n) is 14.6. The van der Waals surface area contributed by atoms with Gasteiger partial charge in [-0.15, -0.1) is 0 Å². The summed E-state index contributed by atoms with van der Waals surface area (Å²) in [6, 6.07) is 6.28. The zero-order chi connectivity index (χ0) is 18.8. The number of halogens is 1. The highest BCUT2D eigenvalue weighted by Crippen LogP contribution is 2.26. The molecular formula is C20H20FN3OS. The Morgan fingerprint density at radius 2 is 2.19 bits per heavy atom. The van der Waals surface area contributed by atoms with Crippen LogP contribution in [0.3, 0.4) is 0 Å². The Kier molecular flexibility index (Phi) is 7.59. The quantitative estimate of drug-likeness (QED) is 0.374. The average Bonchev–Trinajstić information content (AvgIpc) is 3.10. The fourth-order valence-electron chi connectivity index (χ4n) is 2.01. The molecule has 0 saturated heterocycles. The molecule has 0 aliphatic heterocycles. The number of hydrogen-bond donors (Lipinski definition) is 2. The van der Waals surface area contributed by atoms with Gasteiger partial charge in [0.2, 0.25) is 0 Å². The highest BCUT2D eigenvalue weighted by atomic mass is 32.2. The van der Waals surface area contributed by atoms with Crippen molar-refractivity contribution in [2.45, 2.75) is 18.2 Å². The summed E-state index contributed by atoms with van der Waals surface area (Å²) in [5.41, 5.74) is 1.75. The van der Waals surface area contributed by atoms with Crippen LogP contribution in [0.4, 0.5) is 10.1 Å². The van der Waals surface area contributed by atoms with Crippen LogP contribution in [0.1, 0.15) is 18.1 Å². The number of H-pyrrole nitrogens is 1. The topological polar surface area (TPSA) is 60.8 Å². The third kappa shape index (κ3) is 5.87. The van der Waals surface area contributed by atoms with Crippen LogP contribution in [-0.2, 0) is 11.2 Å². The van der Waals surface area contributed by atoms with E-state index in [0.717, 1.165) is 22.6 Å². The Bertz CT molecular complexity index is 862. The molecule has 0 radical (unpaired) electrons. The molecule has 1 aromatic heterocycles. The first-order valence-corrected chi connectivity index (χ1v) is 8.78. The first-order valence-electron chi connectivity index (χ1n) is 7.96. The van der Waals surface area contributed by atoms with Crippen molar-refractivity contribution in [1.82, 2.24) is 4.98 Å². The van der Waals surface area contributed by atoms with Gasteiger partial charge in [0.05, 0.1) is 30.2 Å². The Morgan fingerprint density at radius 3 is 2.92 bits per heavy atom. The number of nitriles is 1. The van der Waals surface area contributed by atoms with Crippen molar-refractivity contribution in [3.8, 4) is 6.07 Å². The van der Waals surface area contributed by atoms with E-state index < -0.39 is 5.82 Å². The Labute approximate surface area is 157 Å². The molecule has 0 spiro atoms. The molecule has 4 nitrogen and oxygen atoms in total. The lowest BCUT2D eigenvalue weighted by Crippen LogP contribution is -1.92. The molecule has 0 unspecified atom stereocenters. The van der Waals surface area contributed by atoms with Gasteiger partial charge in [-0.3, -0.25) is 0 Å². The van der Waals surface area contributed by atoms with E-state index in [1.54, 1.807) is 19.2 Å². The number of aromatic amines is 1. The number of anilines is 1. The largest absolute Gasteiger partial charge is 0.501 e. The summed E-state index contributed by atoms with van der Waals surface area (Å²) in [7, 11) is 1.64. The van der Waals surface area contributed by atoms with Gasteiger partial charge in [-0.25, -0.2) is 4.39 Å². The highest BCUT2D eigenvalue weighted by Gasteiger charge is 2.07. The summed E-state index contributed by atoms with van der Waals surface area (Å²) in [6.45, 7) is 1.89. The van der Waals surface area contributed by atoms with Crippen LogP contribution in [0.5, 0.6) is 0 Å². The molecule has 2 N–H and O–H groups in total. The van der Waals surface area contributed by atoms with Gasteiger partial charge in [-0.05, 0) is 55.1 Å². The van der Waals surface area contributed by atoms with Crippen molar-refractivity contribution in [1.29, 1.82) is 5.26 Å². The van der Waals surface area contributed by atoms with E-state index in [1.807, 2.05) is 55.8 Å². The number of allylic oxidation sites excluding steroid dienone is 6. The molecule has 0 saturated carbocycles. The first-order chi connectivity index (χ1) is 12.6. The van der Waals surface area contributed by atoms with Gasteiger partial charge in [0.25, 0.3) is 0 Å². The highest BCUT2D eigenvalue weighted by molar-refractivity contribution is 8.00. The number of aromatic nitrogens is 1. The minimum atomic E-state index is -0.446. The maximum Gasteiger partial charge on any atom is 0.148 e. The van der Waals surface area contributed by atoms with Gasteiger partial charge in [-0.1, -0.05) is 24.3 Å². The van der Waals surface area contributed by atoms with Crippen molar-refractivity contribution >= 4 is 17.6 Å². The summed E-state index contributed by atoms with van der Waals surface area (Å²) in [5, 5.41) is 8.78. The van der Waals surface area contributed by atoms with Crippen LogP contribution in [0.2, 0.25) is 0 Å². The molecule has 26 heavy (non-hydrogen) atoms. The number of nitrogens with one attached hydrogen (secondary N) is 2. The van der Waals surface area contributed by atoms with Gasteiger partial charge < -0.3 is 14.4 Å². The molecule has 0 aliphatic carbocycles. The van der Waals surface area contributed by atoms with Crippen molar-refractivity contribution in [2.75, 3.05) is 11.8 Å². The van der Waals surface area contributed by atoms with E-state index in [-0.39, 0.29) is 0 Å². The van der Waals surface area contributed by atoms with Gasteiger partial charge in [-0.2, -0.15) is 5.26 Å². The van der Waals surface area contributed by atoms with Gasteiger partial charge in [0.1, 0.15) is 5.82 Å². The number of ether oxygens (including phenoxy) is 1. The minimum absolute atomic E-state index is 0.300. The van der Waals surface area contributed by atoms with E-state index in [2.05, 4.69) is 9.71 Å². The van der Waals surface area contributed by atoms with Crippen molar-refractivity contribution in [3.05, 3.63) is 83.7 Å². The van der Waals surface area contributed by atoms with Gasteiger partial charge >= 0.3 is 0 Å². The third-order valence-corrected chi connectivity index (χ3v) is 4.43. The molecule has 1 aromatic carbocycles. The molecule has 6 heteroatoms. The number of rotatable bonds is 8. The second-order valence-electron chi connectivity index (χ2n) is 5.35. The number of methoxy groups -OCH3 is 1. The maximum atomic E-state index is 13.9. The number of hydrogen-bond acceptors (Lipinski definition) is 4. The average molecular weight is 369 g/mol. The molecule has 0 fully saturated rings. The van der Waals surface area contributed by atoms with Gasteiger partial charge in [0, 0.05) is 17.3 Å². The van der Waals surface area contributed by atoms with Gasteiger partial charge in [0.15, 0.2) is 0 Å². The fraction of sp³-hybridized carbons (Fsp3) is 0.150. The smallest absolute Gasteiger partial charge is 0.148 e. The maximum absolute atomic E-state index is 13.9. The minimum Gasteiger partial charge on any atom is -0.501 e. The lowest BCUT2D eigenvalue weighted by molar-refractivity contribution is 0.294. The van der Waals surface area contributed by atoms with Crippen LogP contribution >= 0.6 is 11.9 Å². The Balaban J connectivity index is 1.91. The SMILES string of the molecule is CO/C(C)=C/C=C\C=C\Cc1c[nH]cc1SNc1ccc(C#N)cc1F. The second-order valence-corrected chi connectivity index (χ2v) is 6.20. The van der Waals surface area contributed by atoms with E-state index in [1.165, 1.54) is 18.0 Å². The van der Waals surface area contributed by atoms with Crippen molar-refractivity contribution in [3.63, 3.8) is 0 Å². The van der Waals surface area contributed by atoms with E-state index in [0.29, 0.717) is 11.3 Å². The summed E-state index contributed by atoms with van der Waals surface area (Å²) in [5.74, 6) is 0.401. The van der Waals surface area contributed by atoms with Crippen LogP contribution in [0.25, 0.3) is 0 Å². The monoisotopic (exact) mass is 369 g/mol. The summed E-state index contributed by atoms with van der Waals surface area (Å²) >= 11 is 1.33. The summed E-state index contributed by atoms with van der Waals surface area (Å²) < 4.78 is 21.9. The second kappa shape index (κ2) is 10.2. The molecule has 0 amide bonds. The molecule has 2 aromatic rings. The van der Waals surface area contributed by atoms with Crippen LogP contribution < -0.4 is 4.72 Å². The molecule has 1 heterocycles. The van der Waals surface area contributed by atoms with E-state index >= 15 is 0 Å². The summed E-state index contributed by atoms with van der Waals surface area (Å²) in [4.78, 5) is 4.05. The van der Waals surface area contributed by atoms with E-state index in [4.69, 9.17) is 10.00 Å². The first kappa shape index (κ1) is 19.4. The van der Waals surface area contributed by atoms with Crippen LogP contribution in [-0.4, -0.2) is 12.1 Å². The molecule has 134 valence electrons. The molecule has 0 bridgehead atoms. The predicted octanol–water partition coefficient (Wildman–Crippen LogP) is 5.35. The number of benzene rings is 1. The lowest BCUT2D eigenvalue weighted by Gasteiger charge is -2.07. The third-order valence-electron chi connectivity index (χ3n) is 3.51. The van der Waals surface area contributed by atoms with Crippen molar-refractivity contribution < 1.29 is 9.13 Å². The normalized spacial score (nSPS) is 11.8.